The maximum atomic E-state index is 4.67. The lowest BCUT2D eigenvalue weighted by atomic mass is 9.83. The Labute approximate surface area is 267 Å². The van der Waals surface area contributed by atoms with E-state index < -0.39 is 0 Å². The van der Waals surface area contributed by atoms with E-state index in [0.29, 0.717) is 24.4 Å². The summed E-state index contributed by atoms with van der Waals surface area (Å²) in [5.41, 5.74) is 10.0. The number of benzene rings is 4. The third-order valence-electron chi connectivity index (χ3n) is 9.01. The van der Waals surface area contributed by atoms with E-state index in [0.717, 1.165) is 30.1 Å². The van der Waals surface area contributed by atoms with Crippen LogP contribution in [-0.4, -0.2) is 25.0 Å². The summed E-state index contributed by atoms with van der Waals surface area (Å²) >= 11 is 0. The fraction of sp³-hybridized carbons (Fsp3) is 0.167. The number of hydrogen-bond donors (Lipinski definition) is 1. The van der Waals surface area contributed by atoms with Crippen LogP contribution >= 0.6 is 0 Å². The Kier molecular flexibility index (Phi) is 8.41. The van der Waals surface area contributed by atoms with Crippen LogP contribution in [0.3, 0.4) is 0 Å². The first-order valence-electron chi connectivity index (χ1n) is 16.0. The summed E-state index contributed by atoms with van der Waals surface area (Å²) < 4.78 is 0. The molecule has 2 heterocycles. The van der Waals surface area contributed by atoms with Crippen LogP contribution in [0.15, 0.2) is 168 Å². The molecule has 4 aromatic rings. The first-order chi connectivity index (χ1) is 22.2. The third kappa shape index (κ3) is 6.53. The zero-order chi connectivity index (χ0) is 30.4. The van der Waals surface area contributed by atoms with Crippen LogP contribution in [0.4, 0.5) is 5.69 Å². The number of aryl methyl sites for hydroxylation is 1. The standard InChI is InChI=1S/C35H31N3.C7H8/c1-2-9-27(10-3-1)35-36-21-20-33(37-35)30-13-7-11-28(23-30)26-16-18-31(19-17-26)38-24-25-8-6-12-29(22-25)32-14-4-5-15-34(32)38;1-7-5-3-2-4-6-7/h1-20,23,25,32,34H,21-22,24H2,(H,36,37);2-6H,1H3. The number of nitrogens with one attached hydrogen (secondary N) is 1. The van der Waals surface area contributed by atoms with E-state index in [1.165, 1.54) is 27.9 Å². The number of fused-ring (bicyclic) bond motifs is 4. The van der Waals surface area contributed by atoms with Gasteiger partial charge in [-0.1, -0.05) is 145 Å². The second kappa shape index (κ2) is 13.2. The molecule has 3 unspecified atom stereocenters. The van der Waals surface area contributed by atoms with Crippen molar-refractivity contribution >= 4 is 17.2 Å². The van der Waals surface area contributed by atoms with E-state index in [-0.39, 0.29) is 0 Å². The minimum atomic E-state index is 0.370. The number of hydrogen-bond acceptors (Lipinski definition) is 3. The molecule has 1 saturated heterocycles. The molecule has 1 N–H and O–H groups in total. The molecular formula is C42H39N3. The molecule has 222 valence electrons. The quantitative estimate of drug-likeness (QED) is 0.259. The van der Waals surface area contributed by atoms with E-state index in [2.05, 4.69) is 156 Å². The van der Waals surface area contributed by atoms with Gasteiger partial charge in [-0.2, -0.15) is 0 Å². The van der Waals surface area contributed by atoms with Crippen molar-refractivity contribution in [2.75, 3.05) is 18.0 Å². The topological polar surface area (TPSA) is 27.6 Å². The Bertz CT molecular complexity index is 1810. The normalized spacial score (nSPS) is 21.2. The lowest BCUT2D eigenvalue weighted by Gasteiger charge is -2.36. The number of nitrogens with zero attached hydrogens (tertiary/aromatic N) is 2. The molecule has 3 atom stereocenters. The van der Waals surface area contributed by atoms with Gasteiger partial charge < -0.3 is 10.2 Å². The second-order valence-corrected chi connectivity index (χ2v) is 12.1. The molecule has 3 nitrogen and oxygen atoms in total. The lowest BCUT2D eigenvalue weighted by molar-refractivity contribution is 0.600. The molecule has 2 aliphatic heterocycles. The molecule has 4 aromatic carbocycles. The van der Waals surface area contributed by atoms with Crippen molar-refractivity contribution in [1.29, 1.82) is 0 Å². The van der Waals surface area contributed by atoms with Crippen LogP contribution in [0.2, 0.25) is 0 Å². The molecule has 4 aliphatic rings. The van der Waals surface area contributed by atoms with Gasteiger partial charge in [0.25, 0.3) is 0 Å². The summed E-state index contributed by atoms with van der Waals surface area (Å²) in [5, 5.41) is 3.55. The molecule has 2 bridgehead atoms. The van der Waals surface area contributed by atoms with Crippen molar-refractivity contribution in [1.82, 2.24) is 5.32 Å². The molecule has 0 saturated carbocycles. The Hall–Kier alpha value is -5.15. The zero-order valence-electron chi connectivity index (χ0n) is 25.8. The van der Waals surface area contributed by atoms with E-state index in [4.69, 9.17) is 0 Å². The summed E-state index contributed by atoms with van der Waals surface area (Å²) in [6.45, 7) is 3.81. The van der Waals surface area contributed by atoms with Crippen molar-refractivity contribution in [3.63, 3.8) is 0 Å². The predicted molar refractivity (Wildman–Crippen MR) is 190 cm³/mol. The van der Waals surface area contributed by atoms with Gasteiger partial charge in [-0.05, 0) is 60.2 Å². The van der Waals surface area contributed by atoms with E-state index in [1.54, 1.807) is 5.57 Å². The number of allylic oxidation sites excluding steroid dienone is 4. The van der Waals surface area contributed by atoms with Crippen molar-refractivity contribution in [2.45, 2.75) is 19.4 Å². The lowest BCUT2D eigenvalue weighted by Crippen LogP contribution is -2.40. The van der Waals surface area contributed by atoms with Crippen molar-refractivity contribution in [2.24, 2.45) is 16.8 Å². The van der Waals surface area contributed by atoms with E-state index in [9.17, 15) is 0 Å². The number of anilines is 1. The smallest absolute Gasteiger partial charge is 0.133 e. The van der Waals surface area contributed by atoms with Gasteiger partial charge in [0.2, 0.25) is 0 Å². The fourth-order valence-electron chi connectivity index (χ4n) is 6.68. The van der Waals surface area contributed by atoms with Gasteiger partial charge in [0.1, 0.15) is 5.84 Å². The van der Waals surface area contributed by atoms with Gasteiger partial charge in [-0.3, -0.25) is 4.99 Å². The highest BCUT2D eigenvalue weighted by atomic mass is 15.2. The average molecular weight is 586 g/mol. The van der Waals surface area contributed by atoms with Crippen LogP contribution < -0.4 is 10.2 Å². The van der Waals surface area contributed by atoms with Crippen molar-refractivity contribution < 1.29 is 0 Å². The highest BCUT2D eigenvalue weighted by Crippen LogP contribution is 2.39. The Morgan fingerprint density at radius 2 is 1.42 bits per heavy atom. The molecule has 0 amide bonds. The second-order valence-electron chi connectivity index (χ2n) is 12.1. The summed E-state index contributed by atoms with van der Waals surface area (Å²) in [5.74, 6) is 1.95. The molecule has 0 radical (unpaired) electrons. The SMILES string of the molecule is C1=CC2CC(=C1)C1C=CC=CC1N(c1ccc(-c3cccc(C4=CCN=C(c5ccccc5)N4)c3)cc1)C2.Cc1ccccc1. The first-order valence-corrected chi connectivity index (χ1v) is 16.0. The Balaban J connectivity index is 0.000000412. The van der Waals surface area contributed by atoms with Gasteiger partial charge in [0.15, 0.2) is 0 Å². The van der Waals surface area contributed by atoms with Crippen molar-refractivity contribution in [3.05, 3.63) is 180 Å². The third-order valence-corrected chi connectivity index (χ3v) is 9.01. The molecule has 1 fully saturated rings. The molecule has 8 rings (SSSR count). The van der Waals surface area contributed by atoms with Crippen LogP contribution in [0.5, 0.6) is 0 Å². The minimum absolute atomic E-state index is 0.370. The van der Waals surface area contributed by atoms with Crippen LogP contribution in [0, 0.1) is 18.8 Å². The van der Waals surface area contributed by atoms with E-state index in [1.807, 2.05) is 24.3 Å². The first kappa shape index (κ1) is 28.6. The highest BCUT2D eigenvalue weighted by Gasteiger charge is 2.34. The predicted octanol–water partition coefficient (Wildman–Crippen LogP) is 9.17. The number of rotatable bonds is 4. The molecular weight excluding hydrogens is 546 g/mol. The summed E-state index contributed by atoms with van der Waals surface area (Å²) in [4.78, 5) is 7.28. The zero-order valence-corrected chi connectivity index (χ0v) is 25.8. The summed E-state index contributed by atoms with van der Waals surface area (Å²) in [6, 6.07) is 38.9. The fourth-order valence-corrected chi connectivity index (χ4v) is 6.68. The molecule has 3 heteroatoms. The largest absolute Gasteiger partial charge is 0.364 e. The summed E-state index contributed by atoms with van der Waals surface area (Å²) in [7, 11) is 0. The monoisotopic (exact) mass is 585 g/mol. The van der Waals surface area contributed by atoms with Crippen LogP contribution in [-0.2, 0) is 0 Å². The molecule has 2 aliphatic carbocycles. The van der Waals surface area contributed by atoms with Crippen LogP contribution in [0.25, 0.3) is 16.8 Å². The maximum absolute atomic E-state index is 4.67. The van der Waals surface area contributed by atoms with Gasteiger partial charge in [0, 0.05) is 29.4 Å². The van der Waals surface area contributed by atoms with Gasteiger partial charge in [-0.15, -0.1) is 0 Å². The summed E-state index contributed by atoms with van der Waals surface area (Å²) in [6.07, 6.45) is 19.5. The van der Waals surface area contributed by atoms with E-state index >= 15 is 0 Å². The van der Waals surface area contributed by atoms with Gasteiger partial charge in [0.05, 0.1) is 12.6 Å². The molecule has 0 aromatic heterocycles. The van der Waals surface area contributed by atoms with Crippen molar-refractivity contribution in [3.8, 4) is 11.1 Å². The Morgan fingerprint density at radius 1 is 0.689 bits per heavy atom. The van der Waals surface area contributed by atoms with Gasteiger partial charge >= 0.3 is 0 Å². The van der Waals surface area contributed by atoms with Gasteiger partial charge in [-0.25, -0.2) is 0 Å². The van der Waals surface area contributed by atoms with Crippen LogP contribution in [0.1, 0.15) is 23.1 Å². The number of amidine groups is 1. The maximum Gasteiger partial charge on any atom is 0.133 e. The minimum Gasteiger partial charge on any atom is -0.364 e. The highest BCUT2D eigenvalue weighted by molar-refractivity contribution is 6.04. The number of aliphatic imine (C=N–C) groups is 1. The molecule has 0 spiro atoms. The average Bonchev–Trinajstić information content (AvgIpc) is 3.22. The molecule has 45 heavy (non-hydrogen) atoms. The Morgan fingerprint density at radius 3 is 2.20 bits per heavy atom.